The van der Waals surface area contributed by atoms with Gasteiger partial charge in [-0.05, 0) is 61.2 Å². The van der Waals surface area contributed by atoms with Crippen LogP contribution in [-0.4, -0.2) is 72.0 Å². The predicted octanol–water partition coefficient (Wildman–Crippen LogP) is 5.26. The molecule has 1 atom stereocenters. The third-order valence-electron chi connectivity index (χ3n) is 6.34. The monoisotopic (exact) mass is 670 g/mol. The number of anilines is 1. The summed E-state index contributed by atoms with van der Waals surface area (Å²) in [6.07, 6.45) is -7.08. The average molecular weight is 671 g/mol. The first-order valence-electron chi connectivity index (χ1n) is 13.8. The van der Waals surface area contributed by atoms with Crippen molar-refractivity contribution in [2.75, 3.05) is 24.6 Å². The lowest BCUT2D eigenvalue weighted by atomic mass is 10.1. The second-order valence-electron chi connectivity index (χ2n) is 9.96. The Balaban J connectivity index is 0.000000459. The Kier molecular flexibility index (Phi) is 14.1. The predicted molar refractivity (Wildman–Crippen MR) is 160 cm³/mol. The number of hydrogen-bond donors (Lipinski definition) is 5. The molecule has 0 aromatic heterocycles. The third-order valence-corrected chi connectivity index (χ3v) is 6.34. The third kappa shape index (κ3) is 13.7. The molecule has 1 aliphatic rings. The first kappa shape index (κ1) is 37.9. The number of benzene rings is 3. The van der Waals surface area contributed by atoms with Gasteiger partial charge in [0.1, 0.15) is 18.2 Å². The van der Waals surface area contributed by atoms with Crippen LogP contribution in [0.25, 0.3) is 0 Å². The van der Waals surface area contributed by atoms with E-state index >= 15 is 0 Å². The van der Waals surface area contributed by atoms with Crippen molar-refractivity contribution in [1.82, 2.24) is 5.32 Å². The van der Waals surface area contributed by atoms with Crippen molar-refractivity contribution < 1.29 is 55.7 Å². The van der Waals surface area contributed by atoms with E-state index in [-0.39, 0.29) is 17.8 Å². The molecule has 0 bridgehead atoms. The minimum Gasteiger partial charge on any atom is -0.491 e. The smallest absolute Gasteiger partial charge is 0.490 e. The highest BCUT2D eigenvalue weighted by Crippen LogP contribution is 2.21. The van der Waals surface area contributed by atoms with Crippen LogP contribution in [0.5, 0.6) is 5.75 Å². The van der Waals surface area contributed by atoms with Gasteiger partial charge in [-0.25, -0.2) is 9.59 Å². The van der Waals surface area contributed by atoms with Gasteiger partial charge in [0.05, 0.1) is 6.04 Å². The van der Waals surface area contributed by atoms with Gasteiger partial charge < -0.3 is 30.9 Å². The molecule has 3 aromatic carbocycles. The molecule has 0 unspecified atom stereocenters. The molecule has 254 valence electrons. The molecule has 1 aliphatic heterocycles. The maximum absolute atomic E-state index is 13.0. The molecule has 47 heavy (non-hydrogen) atoms. The SMILES string of the molecule is N=C(N)c1cccc(OC[C@@H](Cc2ccccc2)NC(=O)c2ccc(N3CCCC3)cc2)c1.O=C(O)C(F)(F)F.O=C(O)C(F)(F)F. The second-order valence-corrected chi connectivity index (χ2v) is 9.96. The van der Waals surface area contributed by atoms with Gasteiger partial charge in [0.15, 0.2) is 0 Å². The van der Waals surface area contributed by atoms with Gasteiger partial charge in [0, 0.05) is 29.9 Å². The number of nitrogens with zero attached hydrogens (tertiary/aromatic N) is 1. The van der Waals surface area contributed by atoms with E-state index < -0.39 is 24.3 Å². The number of halogens is 6. The van der Waals surface area contributed by atoms with E-state index in [0.29, 0.717) is 29.9 Å². The topological polar surface area (TPSA) is 166 Å². The first-order valence-corrected chi connectivity index (χ1v) is 13.8. The molecule has 3 aromatic rings. The zero-order chi connectivity index (χ0) is 35.2. The fourth-order valence-corrected chi connectivity index (χ4v) is 4.07. The summed E-state index contributed by atoms with van der Waals surface area (Å²) in [6, 6.07) is 24.8. The summed E-state index contributed by atoms with van der Waals surface area (Å²) in [5.74, 6) is -5.03. The maximum Gasteiger partial charge on any atom is 0.490 e. The summed E-state index contributed by atoms with van der Waals surface area (Å²) in [4.78, 5) is 33.1. The highest BCUT2D eigenvalue weighted by molar-refractivity contribution is 5.95. The van der Waals surface area contributed by atoms with Crippen LogP contribution in [-0.2, 0) is 16.0 Å². The number of alkyl halides is 6. The summed E-state index contributed by atoms with van der Waals surface area (Å²) in [6.45, 7) is 2.45. The standard InChI is InChI=1S/C27H30N4O2.2C2HF3O2/c28-26(29)22-9-6-10-25(18-22)33-19-23(17-20-7-2-1-3-8-20)30-27(32)21-11-13-24(14-12-21)31-15-4-5-16-31;2*3-2(4,5)1(6)7/h1-3,6-14,18,23H,4-5,15-17,19H2,(H3,28,29)(H,30,32);2*(H,6,7)/t23-;;/m1../s1. The molecule has 1 heterocycles. The number of rotatable bonds is 9. The molecule has 0 aliphatic carbocycles. The average Bonchev–Trinajstić information content (AvgIpc) is 3.56. The molecule has 1 amide bonds. The quantitative estimate of drug-likeness (QED) is 0.117. The zero-order valence-electron chi connectivity index (χ0n) is 24.6. The lowest BCUT2D eigenvalue weighted by Crippen LogP contribution is -2.40. The number of amidine groups is 1. The molecule has 4 rings (SSSR count). The number of hydrogen-bond acceptors (Lipinski definition) is 6. The summed E-state index contributed by atoms with van der Waals surface area (Å²) in [5.41, 5.74) is 9.11. The Labute approximate surface area is 265 Å². The second kappa shape index (κ2) is 17.4. The molecule has 1 saturated heterocycles. The van der Waals surface area contributed by atoms with E-state index in [4.69, 9.17) is 35.7 Å². The lowest BCUT2D eigenvalue weighted by molar-refractivity contribution is -0.193. The number of carbonyl (C=O) groups is 3. The minimum atomic E-state index is -5.08. The summed E-state index contributed by atoms with van der Waals surface area (Å²) in [7, 11) is 0. The van der Waals surface area contributed by atoms with Crippen LogP contribution in [0.4, 0.5) is 32.0 Å². The van der Waals surface area contributed by atoms with Crippen LogP contribution in [0.3, 0.4) is 0 Å². The number of amides is 1. The van der Waals surface area contributed by atoms with Crippen molar-refractivity contribution >= 4 is 29.4 Å². The van der Waals surface area contributed by atoms with Crippen LogP contribution in [0.2, 0.25) is 0 Å². The number of aliphatic carboxylic acids is 2. The van der Waals surface area contributed by atoms with Crippen molar-refractivity contribution in [2.45, 2.75) is 37.7 Å². The number of nitrogens with two attached hydrogens (primary N) is 1. The van der Waals surface area contributed by atoms with Gasteiger partial charge in [-0.15, -0.1) is 0 Å². The number of nitrogen functional groups attached to an aromatic ring is 1. The van der Waals surface area contributed by atoms with Crippen LogP contribution in [0.1, 0.15) is 34.3 Å². The molecule has 0 saturated carbocycles. The number of nitrogens with one attached hydrogen (secondary N) is 2. The van der Waals surface area contributed by atoms with Crippen LogP contribution in [0.15, 0.2) is 78.9 Å². The Morgan fingerprint density at radius 2 is 1.36 bits per heavy atom. The first-order chi connectivity index (χ1) is 22.0. The lowest BCUT2D eigenvalue weighted by Gasteiger charge is -2.21. The highest BCUT2D eigenvalue weighted by Gasteiger charge is 2.38. The van der Waals surface area contributed by atoms with E-state index in [1.165, 1.54) is 18.5 Å². The van der Waals surface area contributed by atoms with Crippen molar-refractivity contribution in [3.05, 3.63) is 95.6 Å². The Bertz CT molecular complexity index is 1450. The van der Waals surface area contributed by atoms with Gasteiger partial charge in [0.25, 0.3) is 5.91 Å². The number of carboxylic acids is 2. The van der Waals surface area contributed by atoms with Gasteiger partial charge in [-0.1, -0.05) is 42.5 Å². The largest absolute Gasteiger partial charge is 0.491 e. The Morgan fingerprint density at radius 1 is 0.830 bits per heavy atom. The highest BCUT2D eigenvalue weighted by atomic mass is 19.4. The van der Waals surface area contributed by atoms with Crippen LogP contribution in [0, 0.1) is 5.41 Å². The molecule has 1 fully saturated rings. The Morgan fingerprint density at radius 3 is 1.85 bits per heavy atom. The van der Waals surface area contributed by atoms with Crippen molar-refractivity contribution in [3.63, 3.8) is 0 Å². The van der Waals surface area contributed by atoms with E-state index in [1.807, 2.05) is 60.7 Å². The van der Waals surface area contributed by atoms with Crippen molar-refractivity contribution in [1.29, 1.82) is 5.41 Å². The summed E-state index contributed by atoms with van der Waals surface area (Å²) < 4.78 is 69.5. The normalized spacial score (nSPS) is 13.2. The molecular weight excluding hydrogens is 638 g/mol. The van der Waals surface area contributed by atoms with Crippen molar-refractivity contribution in [2.24, 2.45) is 5.73 Å². The summed E-state index contributed by atoms with van der Waals surface area (Å²) >= 11 is 0. The van der Waals surface area contributed by atoms with Crippen molar-refractivity contribution in [3.8, 4) is 5.75 Å². The minimum absolute atomic E-state index is 0.00744. The summed E-state index contributed by atoms with van der Waals surface area (Å²) in [5, 5.41) is 25.0. The number of carboxylic acid groups (broad SMARTS) is 2. The zero-order valence-corrected chi connectivity index (χ0v) is 24.6. The van der Waals surface area contributed by atoms with E-state index in [9.17, 15) is 31.1 Å². The van der Waals surface area contributed by atoms with Crippen LogP contribution < -0.4 is 20.7 Å². The molecule has 0 spiro atoms. The van der Waals surface area contributed by atoms with E-state index in [1.54, 1.807) is 18.2 Å². The fraction of sp³-hybridized carbons (Fsp3) is 0.290. The molecule has 16 heteroatoms. The molecule has 6 N–H and O–H groups in total. The van der Waals surface area contributed by atoms with Gasteiger partial charge in [-0.3, -0.25) is 10.2 Å². The number of carbonyl (C=O) groups excluding carboxylic acids is 1. The van der Waals surface area contributed by atoms with Gasteiger partial charge in [0.2, 0.25) is 0 Å². The van der Waals surface area contributed by atoms with E-state index in [2.05, 4.69) is 10.2 Å². The van der Waals surface area contributed by atoms with Gasteiger partial charge >= 0.3 is 24.3 Å². The number of ether oxygens (including phenoxy) is 1. The maximum atomic E-state index is 13.0. The molecule has 0 radical (unpaired) electrons. The van der Waals surface area contributed by atoms with Gasteiger partial charge in [-0.2, -0.15) is 26.3 Å². The van der Waals surface area contributed by atoms with Crippen LogP contribution >= 0.6 is 0 Å². The molecular formula is C31H32F6N4O6. The fourth-order valence-electron chi connectivity index (χ4n) is 4.07. The van der Waals surface area contributed by atoms with E-state index in [0.717, 1.165) is 18.7 Å². The Hall–Kier alpha value is -5.28. The molecule has 10 nitrogen and oxygen atoms in total.